The number of hydrogen-bond donors (Lipinski definition) is 2. The van der Waals surface area contributed by atoms with E-state index in [9.17, 15) is 4.79 Å². The smallest absolute Gasteiger partial charge is 0.238 e. The lowest BCUT2D eigenvalue weighted by Crippen LogP contribution is -2.32. The van der Waals surface area contributed by atoms with Crippen LogP contribution in [0.5, 0.6) is 5.75 Å². The number of nitrogens with one attached hydrogen (secondary N) is 2. The van der Waals surface area contributed by atoms with Gasteiger partial charge in [0.05, 0.1) is 19.7 Å². The number of anilines is 1. The summed E-state index contributed by atoms with van der Waals surface area (Å²) in [7, 11) is 1.65. The van der Waals surface area contributed by atoms with Crippen LogP contribution in [-0.2, 0) is 4.79 Å². The number of methoxy groups -OCH3 is 1. The standard InChI is InChI=1S/C24H26N2O2/c1-17-8-7-9-18(2)23(17)26-22(27)16-25-24(19-10-5-4-6-11-19)20-12-14-21(28-3)15-13-20/h4-15,24-25H,16H2,1-3H3,(H,26,27)/t24-/m1/s1. The number of hydrogen-bond acceptors (Lipinski definition) is 3. The number of benzene rings is 3. The molecule has 1 atom stereocenters. The minimum Gasteiger partial charge on any atom is -0.497 e. The fourth-order valence-electron chi connectivity index (χ4n) is 3.26. The average Bonchev–Trinajstić information content (AvgIpc) is 2.72. The Labute approximate surface area is 166 Å². The van der Waals surface area contributed by atoms with Gasteiger partial charge in [0.25, 0.3) is 0 Å². The lowest BCUT2D eigenvalue weighted by molar-refractivity contribution is -0.115. The third kappa shape index (κ3) is 4.78. The molecular weight excluding hydrogens is 348 g/mol. The molecule has 0 saturated carbocycles. The largest absolute Gasteiger partial charge is 0.497 e. The molecule has 3 rings (SSSR count). The molecule has 4 nitrogen and oxygen atoms in total. The van der Waals surface area contributed by atoms with Gasteiger partial charge in [-0.1, -0.05) is 60.7 Å². The Morgan fingerprint density at radius 1 is 0.857 bits per heavy atom. The number of amides is 1. The van der Waals surface area contributed by atoms with Crippen LogP contribution in [0.25, 0.3) is 0 Å². The van der Waals surface area contributed by atoms with Crippen molar-refractivity contribution in [1.82, 2.24) is 5.32 Å². The molecule has 144 valence electrons. The Kier molecular flexibility index (Phi) is 6.45. The van der Waals surface area contributed by atoms with Gasteiger partial charge in [0, 0.05) is 5.69 Å². The predicted octanol–water partition coefficient (Wildman–Crippen LogP) is 4.63. The second-order valence-corrected chi connectivity index (χ2v) is 6.81. The molecular formula is C24H26N2O2. The molecule has 0 aliphatic carbocycles. The highest BCUT2D eigenvalue weighted by Gasteiger charge is 2.16. The Bertz CT molecular complexity index is 901. The third-order valence-corrected chi connectivity index (χ3v) is 4.79. The summed E-state index contributed by atoms with van der Waals surface area (Å²) in [5.74, 6) is 0.746. The van der Waals surface area contributed by atoms with Gasteiger partial charge in [-0.25, -0.2) is 0 Å². The van der Waals surface area contributed by atoms with Crippen molar-refractivity contribution >= 4 is 11.6 Å². The zero-order valence-electron chi connectivity index (χ0n) is 16.5. The van der Waals surface area contributed by atoms with Crippen LogP contribution in [0.1, 0.15) is 28.3 Å². The number of rotatable bonds is 7. The predicted molar refractivity (Wildman–Crippen MR) is 114 cm³/mol. The van der Waals surface area contributed by atoms with Gasteiger partial charge in [0.2, 0.25) is 5.91 Å². The van der Waals surface area contributed by atoms with E-state index in [1.165, 1.54) is 0 Å². The molecule has 3 aromatic rings. The summed E-state index contributed by atoms with van der Waals surface area (Å²) in [4.78, 5) is 12.6. The molecule has 0 spiro atoms. The van der Waals surface area contributed by atoms with Crippen molar-refractivity contribution in [2.75, 3.05) is 19.0 Å². The van der Waals surface area contributed by atoms with Gasteiger partial charge in [-0.15, -0.1) is 0 Å². The van der Waals surface area contributed by atoms with Gasteiger partial charge in [-0.05, 0) is 48.2 Å². The molecule has 4 heteroatoms. The number of para-hydroxylation sites is 1. The highest BCUT2D eigenvalue weighted by atomic mass is 16.5. The maximum Gasteiger partial charge on any atom is 0.238 e. The second-order valence-electron chi connectivity index (χ2n) is 6.81. The number of ether oxygens (including phenoxy) is 1. The van der Waals surface area contributed by atoms with Crippen molar-refractivity contribution in [1.29, 1.82) is 0 Å². The first-order chi connectivity index (χ1) is 13.6. The molecule has 0 aromatic heterocycles. The molecule has 0 saturated heterocycles. The monoisotopic (exact) mass is 374 g/mol. The van der Waals surface area contributed by atoms with E-state index in [1.807, 2.05) is 74.5 Å². The maximum atomic E-state index is 12.6. The molecule has 0 bridgehead atoms. The van der Waals surface area contributed by atoms with Crippen LogP contribution in [0, 0.1) is 13.8 Å². The van der Waals surface area contributed by atoms with Crippen LogP contribution in [0.4, 0.5) is 5.69 Å². The van der Waals surface area contributed by atoms with Crippen LogP contribution in [-0.4, -0.2) is 19.6 Å². The van der Waals surface area contributed by atoms with Crippen molar-refractivity contribution in [3.63, 3.8) is 0 Å². The number of carbonyl (C=O) groups is 1. The Morgan fingerprint density at radius 2 is 1.46 bits per heavy atom. The van der Waals surface area contributed by atoms with Crippen molar-refractivity contribution in [3.05, 3.63) is 95.1 Å². The summed E-state index contributed by atoms with van der Waals surface area (Å²) in [6.45, 7) is 4.21. The molecule has 28 heavy (non-hydrogen) atoms. The lowest BCUT2D eigenvalue weighted by Gasteiger charge is -2.20. The maximum absolute atomic E-state index is 12.6. The van der Waals surface area contributed by atoms with E-state index in [1.54, 1.807) is 7.11 Å². The Hall–Kier alpha value is -3.11. The summed E-state index contributed by atoms with van der Waals surface area (Å²) in [6, 6.07) is 23.9. The van der Waals surface area contributed by atoms with Gasteiger partial charge in [-0.2, -0.15) is 0 Å². The second kappa shape index (κ2) is 9.20. The minimum atomic E-state index is -0.0872. The molecule has 2 N–H and O–H groups in total. The summed E-state index contributed by atoms with van der Waals surface area (Å²) in [5, 5.41) is 6.43. The first kappa shape index (κ1) is 19.6. The van der Waals surface area contributed by atoms with Crippen molar-refractivity contribution < 1.29 is 9.53 Å². The topological polar surface area (TPSA) is 50.4 Å². The van der Waals surface area contributed by atoms with E-state index in [2.05, 4.69) is 22.8 Å². The minimum absolute atomic E-state index is 0.0631. The summed E-state index contributed by atoms with van der Waals surface area (Å²) < 4.78 is 5.26. The fourth-order valence-corrected chi connectivity index (χ4v) is 3.26. The van der Waals surface area contributed by atoms with Gasteiger partial charge in [-0.3, -0.25) is 10.1 Å². The van der Waals surface area contributed by atoms with Gasteiger partial charge >= 0.3 is 0 Å². The first-order valence-electron chi connectivity index (χ1n) is 9.37. The van der Waals surface area contributed by atoms with Crippen LogP contribution >= 0.6 is 0 Å². The van der Waals surface area contributed by atoms with E-state index >= 15 is 0 Å². The summed E-state index contributed by atoms with van der Waals surface area (Å²) in [5.41, 5.74) is 5.18. The SMILES string of the molecule is COc1ccc([C@H](NCC(=O)Nc2c(C)cccc2C)c2ccccc2)cc1. The van der Waals surface area contributed by atoms with E-state index < -0.39 is 0 Å². The number of carbonyl (C=O) groups excluding carboxylic acids is 1. The molecule has 3 aromatic carbocycles. The van der Waals surface area contributed by atoms with Crippen LogP contribution in [0.15, 0.2) is 72.8 Å². The fraction of sp³-hybridized carbons (Fsp3) is 0.208. The average molecular weight is 374 g/mol. The lowest BCUT2D eigenvalue weighted by atomic mass is 9.98. The highest BCUT2D eigenvalue weighted by Crippen LogP contribution is 2.24. The Morgan fingerprint density at radius 3 is 2.07 bits per heavy atom. The summed E-state index contributed by atoms with van der Waals surface area (Å²) in [6.07, 6.45) is 0. The van der Waals surface area contributed by atoms with Crippen LogP contribution in [0.3, 0.4) is 0 Å². The highest BCUT2D eigenvalue weighted by molar-refractivity contribution is 5.93. The van der Waals surface area contributed by atoms with E-state index in [0.717, 1.165) is 33.7 Å². The first-order valence-corrected chi connectivity index (χ1v) is 9.37. The molecule has 0 unspecified atom stereocenters. The van der Waals surface area contributed by atoms with Gasteiger partial charge < -0.3 is 10.1 Å². The Balaban J connectivity index is 1.75. The molecule has 0 radical (unpaired) electrons. The molecule has 0 fully saturated rings. The van der Waals surface area contributed by atoms with Crippen LogP contribution in [0.2, 0.25) is 0 Å². The molecule has 0 aliphatic rings. The van der Waals surface area contributed by atoms with Crippen molar-refractivity contribution in [2.24, 2.45) is 0 Å². The van der Waals surface area contributed by atoms with Gasteiger partial charge in [0.1, 0.15) is 5.75 Å². The molecule has 1 amide bonds. The summed E-state index contributed by atoms with van der Waals surface area (Å²) >= 11 is 0. The quantitative estimate of drug-likeness (QED) is 0.634. The van der Waals surface area contributed by atoms with Gasteiger partial charge in [0.15, 0.2) is 0 Å². The normalized spacial score (nSPS) is 11.7. The zero-order valence-corrected chi connectivity index (χ0v) is 16.5. The zero-order chi connectivity index (χ0) is 19.9. The molecule has 0 heterocycles. The van der Waals surface area contributed by atoms with E-state index in [0.29, 0.717) is 0 Å². The number of aryl methyl sites for hydroxylation is 2. The van der Waals surface area contributed by atoms with Crippen molar-refractivity contribution in [3.8, 4) is 5.75 Å². The van der Waals surface area contributed by atoms with E-state index in [4.69, 9.17) is 4.74 Å². The van der Waals surface area contributed by atoms with Crippen LogP contribution < -0.4 is 15.4 Å². The van der Waals surface area contributed by atoms with E-state index in [-0.39, 0.29) is 18.5 Å². The van der Waals surface area contributed by atoms with Crippen molar-refractivity contribution in [2.45, 2.75) is 19.9 Å². The third-order valence-electron chi connectivity index (χ3n) is 4.79. The molecule has 0 aliphatic heterocycles.